The predicted octanol–water partition coefficient (Wildman–Crippen LogP) is 5.46. The molecule has 0 unspecified atom stereocenters. The maximum absolute atomic E-state index is 7.02. The minimum Gasteiger partial charge on any atom is -0.401 e. The smallest absolute Gasteiger partial charge is 0.261 e. The molecule has 0 N–H and O–H groups in total. The Hall–Kier alpha value is -2.17. The van der Waals surface area contributed by atoms with Crippen molar-refractivity contribution < 1.29 is 4.43 Å². The highest BCUT2D eigenvalue weighted by Gasteiger charge is 2.50. The van der Waals surface area contributed by atoms with Gasteiger partial charge in [-0.2, -0.15) is 0 Å². The average Bonchev–Trinajstić information content (AvgIpc) is 3.25. The van der Waals surface area contributed by atoms with Crippen LogP contribution in [0.4, 0.5) is 0 Å². The Balaban J connectivity index is 1.66. The molecule has 0 radical (unpaired) electrons. The second kappa shape index (κ2) is 8.91. The van der Waals surface area contributed by atoms with Gasteiger partial charge >= 0.3 is 0 Å². The number of aromatic nitrogens is 2. The van der Waals surface area contributed by atoms with Crippen LogP contribution in [0, 0.1) is 0 Å². The van der Waals surface area contributed by atoms with E-state index in [4.69, 9.17) is 9.41 Å². The molecule has 1 fully saturated rings. The zero-order valence-corrected chi connectivity index (χ0v) is 19.6. The summed E-state index contributed by atoms with van der Waals surface area (Å²) in [7, 11) is -2.51. The molecule has 1 aromatic heterocycles. The van der Waals surface area contributed by atoms with E-state index in [9.17, 15) is 0 Å². The van der Waals surface area contributed by atoms with Crippen LogP contribution < -0.4 is 10.4 Å². The Morgan fingerprint density at radius 3 is 2.00 bits per heavy atom. The molecule has 4 heteroatoms. The van der Waals surface area contributed by atoms with E-state index in [1.807, 2.05) is 6.33 Å². The van der Waals surface area contributed by atoms with Crippen molar-refractivity contribution in [3.8, 4) is 0 Å². The summed E-state index contributed by atoms with van der Waals surface area (Å²) in [6.45, 7) is 7.51. The fourth-order valence-corrected chi connectivity index (χ4v) is 9.50. The molecule has 0 spiro atoms. The topological polar surface area (TPSA) is 27.1 Å². The molecule has 0 saturated heterocycles. The molecule has 4 rings (SSSR count). The number of rotatable bonds is 6. The Kier molecular flexibility index (Phi) is 6.26. The SMILES string of the molecule is CC(C)(C)[Si](OCc1cn(C2CCCCC2)cn1)(c1ccccc1)c1ccccc1. The molecule has 0 atom stereocenters. The number of hydrogen-bond acceptors (Lipinski definition) is 2. The molecular weight excluding hydrogens is 384 g/mol. The largest absolute Gasteiger partial charge is 0.401 e. The van der Waals surface area contributed by atoms with Crippen molar-refractivity contribution in [1.82, 2.24) is 9.55 Å². The molecule has 2 aromatic carbocycles. The molecular formula is C26H34N2OSi. The molecule has 3 nitrogen and oxygen atoms in total. The molecule has 0 bridgehead atoms. The number of benzene rings is 2. The third-order valence-corrected chi connectivity index (χ3v) is 11.5. The first-order valence-corrected chi connectivity index (χ1v) is 13.2. The van der Waals surface area contributed by atoms with Crippen LogP contribution in [0.3, 0.4) is 0 Å². The van der Waals surface area contributed by atoms with E-state index in [1.54, 1.807) is 0 Å². The van der Waals surface area contributed by atoms with Crippen LogP contribution in [0.15, 0.2) is 73.2 Å². The molecule has 1 aliphatic rings. The normalized spacial score (nSPS) is 16.0. The van der Waals surface area contributed by atoms with Gasteiger partial charge in [-0.3, -0.25) is 0 Å². The van der Waals surface area contributed by atoms with Crippen molar-refractivity contribution in [2.45, 2.75) is 70.6 Å². The summed E-state index contributed by atoms with van der Waals surface area (Å²) in [6, 6.07) is 22.3. The molecule has 0 aliphatic heterocycles. The summed E-state index contributed by atoms with van der Waals surface area (Å²) >= 11 is 0. The maximum Gasteiger partial charge on any atom is 0.261 e. The van der Waals surface area contributed by atoms with Gasteiger partial charge in [-0.05, 0) is 28.3 Å². The van der Waals surface area contributed by atoms with Gasteiger partial charge in [0.05, 0.1) is 18.6 Å². The zero-order chi connectivity index (χ0) is 21.0. The van der Waals surface area contributed by atoms with Crippen molar-refractivity contribution in [2.24, 2.45) is 0 Å². The number of hydrogen-bond donors (Lipinski definition) is 0. The first-order valence-electron chi connectivity index (χ1n) is 11.3. The van der Waals surface area contributed by atoms with Crippen molar-refractivity contribution in [3.63, 3.8) is 0 Å². The standard InChI is InChI=1S/C26H34N2OSi/c1-26(2,3)30(24-15-9-5-10-16-24,25-17-11-6-12-18-25)29-20-22-19-28(21-27-22)23-13-7-4-8-14-23/h5-6,9-12,15-19,21,23H,4,7-8,13-14,20H2,1-3H3. The molecule has 3 aromatic rings. The second-order valence-electron chi connectivity index (χ2n) is 9.56. The Bertz CT molecular complexity index is 885. The lowest BCUT2D eigenvalue weighted by Crippen LogP contribution is -2.66. The lowest BCUT2D eigenvalue weighted by Gasteiger charge is -2.42. The summed E-state index contributed by atoms with van der Waals surface area (Å²) in [5, 5.41) is 2.62. The summed E-state index contributed by atoms with van der Waals surface area (Å²) in [6.07, 6.45) is 10.8. The van der Waals surface area contributed by atoms with Crippen LogP contribution in [0.25, 0.3) is 0 Å². The van der Waals surface area contributed by atoms with Crippen molar-refractivity contribution in [1.29, 1.82) is 0 Å². The molecule has 1 saturated carbocycles. The van der Waals surface area contributed by atoms with E-state index in [-0.39, 0.29) is 5.04 Å². The van der Waals surface area contributed by atoms with Gasteiger partial charge in [0, 0.05) is 12.2 Å². The van der Waals surface area contributed by atoms with Crippen LogP contribution in [-0.4, -0.2) is 17.9 Å². The number of nitrogens with zero attached hydrogens (tertiary/aromatic N) is 2. The van der Waals surface area contributed by atoms with Crippen LogP contribution >= 0.6 is 0 Å². The average molecular weight is 419 g/mol. The maximum atomic E-state index is 7.02. The summed E-state index contributed by atoms with van der Waals surface area (Å²) < 4.78 is 9.34. The molecule has 1 heterocycles. The van der Waals surface area contributed by atoms with Crippen LogP contribution in [0.5, 0.6) is 0 Å². The van der Waals surface area contributed by atoms with Gasteiger partial charge in [-0.25, -0.2) is 4.98 Å². The third kappa shape index (κ3) is 4.16. The highest BCUT2D eigenvalue weighted by Crippen LogP contribution is 2.37. The molecule has 0 amide bonds. The predicted molar refractivity (Wildman–Crippen MR) is 127 cm³/mol. The molecule has 1 aliphatic carbocycles. The van der Waals surface area contributed by atoms with E-state index >= 15 is 0 Å². The summed E-state index contributed by atoms with van der Waals surface area (Å²) in [5.74, 6) is 0. The second-order valence-corrected chi connectivity index (χ2v) is 13.9. The highest BCUT2D eigenvalue weighted by molar-refractivity contribution is 6.99. The first kappa shape index (κ1) is 21.1. The third-order valence-electron chi connectivity index (χ3n) is 6.50. The quantitative estimate of drug-likeness (QED) is 0.497. The monoisotopic (exact) mass is 418 g/mol. The van der Waals surface area contributed by atoms with Gasteiger partial charge in [-0.15, -0.1) is 0 Å². The van der Waals surface area contributed by atoms with E-state index < -0.39 is 8.32 Å². The van der Waals surface area contributed by atoms with E-state index in [0.717, 1.165) is 5.69 Å². The van der Waals surface area contributed by atoms with E-state index in [0.29, 0.717) is 12.6 Å². The minimum atomic E-state index is -2.51. The summed E-state index contributed by atoms with van der Waals surface area (Å²) in [4.78, 5) is 4.72. The van der Waals surface area contributed by atoms with Gasteiger partial charge in [-0.1, -0.05) is 101 Å². The van der Waals surface area contributed by atoms with Gasteiger partial charge in [0.25, 0.3) is 8.32 Å². The minimum absolute atomic E-state index is 0.0123. The van der Waals surface area contributed by atoms with Gasteiger partial charge < -0.3 is 8.99 Å². The Labute approximate surface area is 182 Å². The fraction of sp³-hybridized carbons (Fsp3) is 0.423. The van der Waals surface area contributed by atoms with Gasteiger partial charge in [0.2, 0.25) is 0 Å². The highest BCUT2D eigenvalue weighted by atomic mass is 28.4. The van der Waals surface area contributed by atoms with Crippen molar-refractivity contribution in [2.75, 3.05) is 0 Å². The number of imidazole rings is 1. The van der Waals surface area contributed by atoms with Crippen LogP contribution in [0.1, 0.15) is 64.6 Å². The molecule has 158 valence electrons. The fourth-order valence-electron chi connectivity index (χ4n) is 4.98. The summed E-state index contributed by atoms with van der Waals surface area (Å²) in [5.41, 5.74) is 1.04. The molecule has 30 heavy (non-hydrogen) atoms. The van der Waals surface area contributed by atoms with Crippen molar-refractivity contribution >= 4 is 18.7 Å². The lowest BCUT2D eigenvalue weighted by molar-refractivity contribution is 0.281. The van der Waals surface area contributed by atoms with Crippen LogP contribution in [0.2, 0.25) is 5.04 Å². The Morgan fingerprint density at radius 2 is 1.47 bits per heavy atom. The first-order chi connectivity index (χ1) is 14.5. The van der Waals surface area contributed by atoms with Gasteiger partial charge in [0.1, 0.15) is 0 Å². The van der Waals surface area contributed by atoms with E-state index in [2.05, 4.69) is 92.2 Å². The Morgan fingerprint density at radius 1 is 0.900 bits per heavy atom. The zero-order valence-electron chi connectivity index (χ0n) is 18.6. The van der Waals surface area contributed by atoms with Crippen LogP contribution in [-0.2, 0) is 11.0 Å². The van der Waals surface area contributed by atoms with E-state index in [1.165, 1.54) is 42.5 Å². The lowest BCUT2D eigenvalue weighted by atomic mass is 9.95. The van der Waals surface area contributed by atoms with Crippen molar-refractivity contribution in [3.05, 3.63) is 78.9 Å². The van der Waals surface area contributed by atoms with Gasteiger partial charge in [0.15, 0.2) is 0 Å².